The number of carbonyl (C=O) groups excluding carboxylic acids is 1. The van der Waals surface area contributed by atoms with Crippen LogP contribution in [0.15, 0.2) is 83.0 Å². The van der Waals surface area contributed by atoms with Crippen molar-refractivity contribution in [3.05, 3.63) is 89.9 Å². The van der Waals surface area contributed by atoms with Crippen molar-refractivity contribution in [2.75, 3.05) is 5.32 Å². The number of nitriles is 1. The summed E-state index contributed by atoms with van der Waals surface area (Å²) in [5.74, 6) is 0.640. The second kappa shape index (κ2) is 8.36. The van der Waals surface area contributed by atoms with Crippen LogP contribution in [-0.4, -0.2) is 5.91 Å². The molecule has 5 nitrogen and oxygen atoms in total. The average Bonchev–Trinajstić information content (AvgIpc) is 3.19. The summed E-state index contributed by atoms with van der Waals surface area (Å²) in [5, 5.41) is 11.8. The van der Waals surface area contributed by atoms with Gasteiger partial charge in [-0.15, -0.1) is 0 Å². The Morgan fingerprint density at radius 3 is 2.50 bits per heavy atom. The Hall–Kier alpha value is -3.78. The zero-order valence-corrected chi connectivity index (χ0v) is 13.9. The molecule has 0 saturated carbocycles. The number of rotatable bonds is 6. The van der Waals surface area contributed by atoms with Crippen LogP contribution in [0.25, 0.3) is 6.08 Å². The van der Waals surface area contributed by atoms with Crippen LogP contribution in [0.2, 0.25) is 0 Å². The van der Waals surface area contributed by atoms with Gasteiger partial charge in [-0.3, -0.25) is 4.79 Å². The molecule has 0 aliphatic rings. The van der Waals surface area contributed by atoms with Crippen molar-refractivity contribution in [1.29, 1.82) is 5.26 Å². The molecule has 2 aromatic carbocycles. The fourth-order valence-corrected chi connectivity index (χ4v) is 2.24. The third-order valence-corrected chi connectivity index (χ3v) is 3.56. The van der Waals surface area contributed by atoms with Crippen molar-refractivity contribution < 1.29 is 13.9 Å². The molecule has 0 fully saturated rings. The molecule has 1 N–H and O–H groups in total. The Kier molecular flexibility index (Phi) is 5.48. The van der Waals surface area contributed by atoms with Crippen LogP contribution in [0, 0.1) is 11.3 Å². The first-order valence-corrected chi connectivity index (χ1v) is 7.98. The van der Waals surface area contributed by atoms with E-state index >= 15 is 0 Å². The van der Waals surface area contributed by atoms with Crippen LogP contribution in [0.3, 0.4) is 0 Å². The monoisotopic (exact) mass is 344 g/mol. The van der Waals surface area contributed by atoms with E-state index in [0.717, 1.165) is 5.56 Å². The average molecular weight is 344 g/mol. The molecular formula is C21H16N2O3. The maximum absolute atomic E-state index is 12.2. The zero-order valence-electron chi connectivity index (χ0n) is 13.9. The molecule has 0 unspecified atom stereocenters. The van der Waals surface area contributed by atoms with Crippen LogP contribution < -0.4 is 10.1 Å². The molecule has 3 rings (SSSR count). The number of furan rings is 1. The summed E-state index contributed by atoms with van der Waals surface area (Å²) in [7, 11) is 0. The van der Waals surface area contributed by atoms with E-state index in [-0.39, 0.29) is 5.57 Å². The van der Waals surface area contributed by atoms with Crippen LogP contribution in [0.4, 0.5) is 5.69 Å². The number of amides is 1. The number of benzene rings is 2. The van der Waals surface area contributed by atoms with Gasteiger partial charge in [0.2, 0.25) is 0 Å². The third kappa shape index (κ3) is 4.62. The quantitative estimate of drug-likeness (QED) is 0.531. The highest BCUT2D eigenvalue weighted by atomic mass is 16.5. The van der Waals surface area contributed by atoms with Gasteiger partial charge in [0.15, 0.2) is 0 Å². The molecule has 0 aliphatic heterocycles. The van der Waals surface area contributed by atoms with Crippen LogP contribution >= 0.6 is 0 Å². The Morgan fingerprint density at radius 1 is 1.08 bits per heavy atom. The van der Waals surface area contributed by atoms with Crippen molar-refractivity contribution in [3.63, 3.8) is 0 Å². The Morgan fingerprint density at radius 2 is 1.85 bits per heavy atom. The van der Waals surface area contributed by atoms with Gasteiger partial charge in [-0.05, 0) is 42.0 Å². The summed E-state index contributed by atoms with van der Waals surface area (Å²) in [6.45, 7) is 0.469. The van der Waals surface area contributed by atoms with Gasteiger partial charge in [0.1, 0.15) is 29.8 Å². The summed E-state index contributed by atoms with van der Waals surface area (Å²) in [4.78, 5) is 12.2. The second-order valence-corrected chi connectivity index (χ2v) is 5.44. The molecule has 128 valence electrons. The maximum Gasteiger partial charge on any atom is 0.266 e. The molecule has 5 heteroatoms. The van der Waals surface area contributed by atoms with Gasteiger partial charge in [0.25, 0.3) is 5.91 Å². The lowest BCUT2D eigenvalue weighted by atomic mass is 10.2. The summed E-state index contributed by atoms with van der Waals surface area (Å²) in [6.07, 6.45) is 2.87. The zero-order chi connectivity index (χ0) is 18.2. The minimum absolute atomic E-state index is 0.0376. The highest BCUT2D eigenvalue weighted by molar-refractivity contribution is 6.09. The van der Waals surface area contributed by atoms with Gasteiger partial charge in [-0.2, -0.15) is 5.26 Å². The fourth-order valence-electron chi connectivity index (χ4n) is 2.24. The predicted octanol–water partition coefficient (Wildman–Crippen LogP) is 4.40. The molecule has 0 aliphatic carbocycles. The van der Waals surface area contributed by atoms with Crippen LogP contribution in [-0.2, 0) is 11.4 Å². The van der Waals surface area contributed by atoms with Crippen LogP contribution in [0.5, 0.6) is 5.75 Å². The SMILES string of the molecule is N#C/C(=C\c1ccco1)C(=O)Nc1ccc(OCc2ccccc2)cc1. The molecule has 26 heavy (non-hydrogen) atoms. The Labute approximate surface area is 151 Å². The molecule has 0 spiro atoms. The minimum Gasteiger partial charge on any atom is -0.489 e. The maximum atomic E-state index is 12.2. The first-order valence-electron chi connectivity index (χ1n) is 7.98. The molecule has 0 radical (unpaired) electrons. The van der Waals surface area contributed by atoms with Gasteiger partial charge >= 0.3 is 0 Å². The molecule has 0 bridgehead atoms. The molecule has 0 atom stereocenters. The van der Waals surface area contributed by atoms with Crippen molar-refractivity contribution in [1.82, 2.24) is 0 Å². The number of nitrogens with one attached hydrogen (secondary N) is 1. The van der Waals surface area contributed by atoms with Gasteiger partial charge in [0, 0.05) is 11.8 Å². The summed E-state index contributed by atoms with van der Waals surface area (Å²) >= 11 is 0. The van der Waals surface area contributed by atoms with Gasteiger partial charge in [-0.1, -0.05) is 30.3 Å². The minimum atomic E-state index is -0.498. The molecule has 1 aromatic heterocycles. The molecule has 3 aromatic rings. The van der Waals surface area contributed by atoms with Crippen molar-refractivity contribution in [3.8, 4) is 11.8 Å². The number of ether oxygens (including phenoxy) is 1. The van der Waals surface area contributed by atoms with E-state index in [1.807, 2.05) is 36.4 Å². The highest BCUT2D eigenvalue weighted by Crippen LogP contribution is 2.18. The number of carbonyl (C=O) groups is 1. The number of hydrogen-bond donors (Lipinski definition) is 1. The number of anilines is 1. The second-order valence-electron chi connectivity index (χ2n) is 5.44. The lowest BCUT2D eigenvalue weighted by molar-refractivity contribution is -0.112. The van der Waals surface area contributed by atoms with E-state index in [2.05, 4.69) is 5.32 Å². The first-order chi connectivity index (χ1) is 12.7. The van der Waals surface area contributed by atoms with Crippen molar-refractivity contribution in [2.45, 2.75) is 6.61 Å². The topological polar surface area (TPSA) is 75.3 Å². The summed E-state index contributed by atoms with van der Waals surface area (Å²) in [6, 6.07) is 22.1. The Bertz CT molecular complexity index is 922. The van der Waals surface area contributed by atoms with Crippen molar-refractivity contribution in [2.24, 2.45) is 0 Å². The number of hydrogen-bond acceptors (Lipinski definition) is 4. The van der Waals surface area contributed by atoms with Crippen LogP contribution in [0.1, 0.15) is 11.3 Å². The van der Waals surface area contributed by atoms with Gasteiger partial charge in [-0.25, -0.2) is 0 Å². The third-order valence-electron chi connectivity index (χ3n) is 3.56. The predicted molar refractivity (Wildman–Crippen MR) is 98.1 cm³/mol. The van der Waals surface area contributed by atoms with E-state index in [9.17, 15) is 4.79 Å². The van der Waals surface area contributed by atoms with E-state index in [4.69, 9.17) is 14.4 Å². The molecule has 1 heterocycles. The fraction of sp³-hybridized carbons (Fsp3) is 0.0476. The summed E-state index contributed by atoms with van der Waals surface area (Å²) < 4.78 is 10.8. The molecular weight excluding hydrogens is 328 g/mol. The lowest BCUT2D eigenvalue weighted by Crippen LogP contribution is -2.13. The van der Waals surface area contributed by atoms with E-state index < -0.39 is 5.91 Å². The van der Waals surface area contributed by atoms with Crippen molar-refractivity contribution >= 4 is 17.7 Å². The van der Waals surface area contributed by atoms with Gasteiger partial charge in [0.05, 0.1) is 6.26 Å². The normalized spacial score (nSPS) is 10.8. The van der Waals surface area contributed by atoms with E-state index in [1.54, 1.807) is 36.4 Å². The standard InChI is InChI=1S/C21H16N2O3/c22-14-17(13-20-7-4-12-25-20)21(24)23-18-8-10-19(11-9-18)26-15-16-5-2-1-3-6-16/h1-13H,15H2,(H,23,24)/b17-13+. The highest BCUT2D eigenvalue weighted by Gasteiger charge is 2.10. The number of nitrogens with zero attached hydrogens (tertiary/aromatic N) is 1. The summed E-state index contributed by atoms with van der Waals surface area (Å²) in [5.41, 5.74) is 1.61. The van der Waals surface area contributed by atoms with E-state index in [1.165, 1.54) is 12.3 Å². The first kappa shape index (κ1) is 17.1. The lowest BCUT2D eigenvalue weighted by Gasteiger charge is -2.08. The molecule has 0 saturated heterocycles. The largest absolute Gasteiger partial charge is 0.489 e. The smallest absolute Gasteiger partial charge is 0.266 e. The van der Waals surface area contributed by atoms with Gasteiger partial charge < -0.3 is 14.5 Å². The van der Waals surface area contributed by atoms with E-state index in [0.29, 0.717) is 23.8 Å². The molecule has 1 amide bonds. The Balaban J connectivity index is 1.60.